The molecule has 1 N–H and O–H groups in total. The summed E-state index contributed by atoms with van der Waals surface area (Å²) in [5.74, 6) is -0.661. The first-order chi connectivity index (χ1) is 14.5. The third kappa shape index (κ3) is 3.32. The van der Waals surface area contributed by atoms with Crippen LogP contribution in [-0.4, -0.2) is 24.3 Å². The van der Waals surface area contributed by atoms with Crippen LogP contribution in [0.15, 0.2) is 79.0 Å². The lowest BCUT2D eigenvalue weighted by atomic mass is 9.90. The number of para-hydroxylation sites is 1. The van der Waals surface area contributed by atoms with Crippen LogP contribution in [0.3, 0.4) is 0 Å². The predicted molar refractivity (Wildman–Crippen MR) is 116 cm³/mol. The van der Waals surface area contributed by atoms with Crippen molar-refractivity contribution in [3.8, 4) is 0 Å². The van der Waals surface area contributed by atoms with Gasteiger partial charge in [0.15, 0.2) is 0 Å². The van der Waals surface area contributed by atoms with Crippen LogP contribution < -0.4 is 0 Å². The Morgan fingerprint density at radius 2 is 1.77 bits per heavy atom. The maximum Gasteiger partial charge on any atom is 0.219 e. The molecule has 30 heavy (non-hydrogen) atoms. The summed E-state index contributed by atoms with van der Waals surface area (Å²) >= 11 is 0. The predicted octanol–water partition coefficient (Wildman–Crippen LogP) is 4.78. The van der Waals surface area contributed by atoms with Crippen molar-refractivity contribution in [3.63, 3.8) is 0 Å². The van der Waals surface area contributed by atoms with Gasteiger partial charge in [0.2, 0.25) is 10.0 Å². The first kappa shape index (κ1) is 19.0. The molecule has 0 radical (unpaired) electrons. The molecule has 0 fully saturated rings. The highest BCUT2D eigenvalue weighted by molar-refractivity contribution is 7.88. The monoisotopic (exact) mass is 420 g/mol. The quantitative estimate of drug-likeness (QED) is 0.516. The fraction of sp³-hybridized carbons (Fsp3) is 0.167. The normalized spacial score (nSPS) is 17.2. The van der Waals surface area contributed by atoms with Crippen molar-refractivity contribution in [2.24, 2.45) is 0 Å². The average Bonchev–Trinajstić information content (AvgIpc) is 3.16. The Morgan fingerprint density at radius 1 is 0.967 bits per heavy atom. The standard InChI is InChI=1S/C24H21FN2O2S/c25-19-8-5-6-17(14-19)16-30(28,29)27-13-12-18-7-1-2-9-20(18)24(27)22-15-26-23-11-4-3-10-21(22)23/h1-11,14-15,24,26H,12-13,16H2/t24-/m0/s1. The topological polar surface area (TPSA) is 53.2 Å². The molecule has 1 aliphatic rings. The minimum atomic E-state index is -3.69. The highest BCUT2D eigenvalue weighted by Crippen LogP contribution is 2.40. The van der Waals surface area contributed by atoms with Crippen molar-refractivity contribution in [1.29, 1.82) is 0 Å². The molecule has 5 rings (SSSR count). The summed E-state index contributed by atoms with van der Waals surface area (Å²) < 4.78 is 42.2. The molecule has 0 amide bonds. The Bertz CT molecular complexity index is 1330. The molecule has 1 aliphatic heterocycles. The van der Waals surface area contributed by atoms with E-state index < -0.39 is 21.9 Å². The lowest BCUT2D eigenvalue weighted by molar-refractivity contribution is 0.345. The van der Waals surface area contributed by atoms with E-state index in [0.29, 0.717) is 18.5 Å². The zero-order chi connectivity index (χ0) is 20.7. The molecule has 6 heteroatoms. The second-order valence-electron chi connectivity index (χ2n) is 7.64. The van der Waals surface area contributed by atoms with E-state index in [9.17, 15) is 12.8 Å². The largest absolute Gasteiger partial charge is 0.361 e. The van der Waals surface area contributed by atoms with Crippen LogP contribution in [0.2, 0.25) is 0 Å². The molecule has 1 atom stereocenters. The van der Waals surface area contributed by atoms with Crippen molar-refractivity contribution in [2.45, 2.75) is 18.2 Å². The highest BCUT2D eigenvalue weighted by atomic mass is 32.2. The Kier molecular flexibility index (Phi) is 4.68. The van der Waals surface area contributed by atoms with Crippen LogP contribution in [-0.2, 0) is 22.2 Å². The first-order valence-corrected chi connectivity index (χ1v) is 11.5. The number of sulfonamides is 1. The Balaban J connectivity index is 1.63. The molecular formula is C24H21FN2O2S. The van der Waals surface area contributed by atoms with Gasteiger partial charge in [0.1, 0.15) is 5.82 Å². The van der Waals surface area contributed by atoms with E-state index in [4.69, 9.17) is 0 Å². The van der Waals surface area contributed by atoms with Gasteiger partial charge >= 0.3 is 0 Å². The number of nitrogens with one attached hydrogen (secondary N) is 1. The number of fused-ring (bicyclic) bond motifs is 2. The van der Waals surface area contributed by atoms with Crippen LogP contribution in [0.1, 0.15) is 28.3 Å². The molecule has 0 saturated carbocycles. The summed E-state index contributed by atoms with van der Waals surface area (Å²) in [7, 11) is -3.69. The number of halogens is 1. The van der Waals surface area contributed by atoms with Crippen molar-refractivity contribution < 1.29 is 12.8 Å². The van der Waals surface area contributed by atoms with Crippen LogP contribution in [0.4, 0.5) is 4.39 Å². The summed E-state index contributed by atoms with van der Waals surface area (Å²) in [6.45, 7) is 0.388. The van der Waals surface area contributed by atoms with Crippen LogP contribution in [0.25, 0.3) is 10.9 Å². The van der Waals surface area contributed by atoms with Crippen LogP contribution >= 0.6 is 0 Å². The van der Waals surface area contributed by atoms with Gasteiger partial charge in [-0.1, -0.05) is 54.6 Å². The van der Waals surface area contributed by atoms with Crippen molar-refractivity contribution >= 4 is 20.9 Å². The molecule has 4 aromatic rings. The van der Waals surface area contributed by atoms with E-state index in [1.165, 1.54) is 12.1 Å². The van der Waals surface area contributed by atoms with Gasteiger partial charge in [0.05, 0.1) is 11.8 Å². The summed E-state index contributed by atoms with van der Waals surface area (Å²) in [5.41, 5.74) is 4.51. The van der Waals surface area contributed by atoms with Crippen LogP contribution in [0, 0.1) is 5.82 Å². The van der Waals surface area contributed by atoms with Crippen molar-refractivity contribution in [2.75, 3.05) is 6.54 Å². The lowest BCUT2D eigenvalue weighted by Crippen LogP contribution is -2.41. The van der Waals surface area contributed by atoms with Crippen LogP contribution in [0.5, 0.6) is 0 Å². The van der Waals surface area contributed by atoms with E-state index in [1.807, 2.05) is 48.7 Å². The molecule has 1 aromatic heterocycles. The van der Waals surface area contributed by atoms with E-state index in [1.54, 1.807) is 16.4 Å². The third-order valence-electron chi connectivity index (χ3n) is 5.75. The van der Waals surface area contributed by atoms with E-state index in [0.717, 1.165) is 27.6 Å². The molecular weight excluding hydrogens is 399 g/mol. The molecule has 0 spiro atoms. The minimum Gasteiger partial charge on any atom is -0.361 e. The van der Waals surface area contributed by atoms with E-state index >= 15 is 0 Å². The fourth-order valence-corrected chi connectivity index (χ4v) is 6.09. The molecule has 0 saturated heterocycles. The first-order valence-electron chi connectivity index (χ1n) is 9.91. The van der Waals surface area contributed by atoms with Gasteiger partial charge in [0.25, 0.3) is 0 Å². The highest BCUT2D eigenvalue weighted by Gasteiger charge is 2.37. The number of hydrogen-bond donors (Lipinski definition) is 1. The Morgan fingerprint density at radius 3 is 2.63 bits per heavy atom. The number of benzene rings is 3. The summed E-state index contributed by atoms with van der Waals surface area (Å²) in [5, 5.41) is 1.00. The lowest BCUT2D eigenvalue weighted by Gasteiger charge is -2.36. The van der Waals surface area contributed by atoms with Gasteiger partial charge in [-0.2, -0.15) is 4.31 Å². The third-order valence-corrected chi connectivity index (χ3v) is 7.56. The Labute approximate surface area is 175 Å². The Hall–Kier alpha value is -2.96. The van der Waals surface area contributed by atoms with Gasteiger partial charge < -0.3 is 4.98 Å². The van der Waals surface area contributed by atoms with Crippen molar-refractivity contribution in [1.82, 2.24) is 9.29 Å². The zero-order valence-corrected chi connectivity index (χ0v) is 17.1. The molecule has 0 bridgehead atoms. The van der Waals surface area contributed by atoms with Crippen molar-refractivity contribution in [3.05, 3.63) is 107 Å². The molecule has 152 valence electrons. The second-order valence-corrected chi connectivity index (χ2v) is 9.56. The molecule has 0 unspecified atom stereocenters. The van der Waals surface area contributed by atoms with E-state index in [2.05, 4.69) is 11.1 Å². The average molecular weight is 421 g/mol. The molecule has 2 heterocycles. The van der Waals surface area contributed by atoms with Gasteiger partial charge in [0, 0.05) is 29.2 Å². The second kappa shape index (κ2) is 7.38. The summed E-state index contributed by atoms with van der Waals surface area (Å²) in [6, 6.07) is 21.3. The van der Waals surface area contributed by atoms with Gasteiger partial charge in [-0.05, 0) is 41.3 Å². The van der Waals surface area contributed by atoms with E-state index in [-0.39, 0.29) is 5.75 Å². The molecule has 3 aromatic carbocycles. The minimum absolute atomic E-state index is 0.230. The van der Waals surface area contributed by atoms with Gasteiger partial charge in [-0.3, -0.25) is 0 Å². The zero-order valence-electron chi connectivity index (χ0n) is 16.3. The van der Waals surface area contributed by atoms with Gasteiger partial charge in [-0.25, -0.2) is 12.8 Å². The number of hydrogen-bond acceptors (Lipinski definition) is 2. The SMILES string of the molecule is O=S(=O)(Cc1cccc(F)c1)N1CCc2ccccc2[C@H]1c1c[nH]c2ccccc12. The smallest absolute Gasteiger partial charge is 0.219 e. The number of rotatable bonds is 4. The number of aromatic amines is 1. The summed E-state index contributed by atoms with van der Waals surface area (Å²) in [4.78, 5) is 3.27. The number of aromatic nitrogens is 1. The van der Waals surface area contributed by atoms with Gasteiger partial charge in [-0.15, -0.1) is 0 Å². The fourth-order valence-electron chi connectivity index (χ4n) is 4.41. The molecule has 4 nitrogen and oxygen atoms in total. The number of nitrogens with zero attached hydrogens (tertiary/aromatic N) is 1. The maximum atomic E-state index is 13.6. The number of H-pyrrole nitrogens is 1. The molecule has 0 aliphatic carbocycles. The summed E-state index contributed by atoms with van der Waals surface area (Å²) in [6.07, 6.45) is 2.56. The maximum absolute atomic E-state index is 13.6.